The number of hydrogen-bond acceptors (Lipinski definition) is 6. The Morgan fingerprint density at radius 3 is 2.74 bits per heavy atom. The Morgan fingerprint density at radius 1 is 1.16 bits per heavy atom. The predicted molar refractivity (Wildman–Crippen MR) is 72.0 cm³/mol. The number of carbonyl (C=O) groups excluding carboxylic acids is 1. The molecule has 0 atom stereocenters. The second-order valence-electron chi connectivity index (χ2n) is 3.78. The summed E-state index contributed by atoms with van der Waals surface area (Å²) in [5.41, 5.74) is 2.54. The van der Waals surface area contributed by atoms with Gasteiger partial charge in [-0.05, 0) is 18.2 Å². The van der Waals surface area contributed by atoms with Crippen LogP contribution < -0.4 is 0 Å². The number of fused-ring (bicyclic) bond motifs is 1. The number of ether oxygens (including phenoxy) is 1. The Balaban J connectivity index is 2.04. The van der Waals surface area contributed by atoms with E-state index in [0.717, 1.165) is 21.6 Å². The Morgan fingerprint density at radius 2 is 1.95 bits per heavy atom. The van der Waals surface area contributed by atoms with Crippen LogP contribution >= 0.6 is 11.3 Å². The number of esters is 1. The molecule has 2 heterocycles. The van der Waals surface area contributed by atoms with Crippen LogP contribution in [0.15, 0.2) is 36.8 Å². The second kappa shape index (κ2) is 4.74. The summed E-state index contributed by atoms with van der Waals surface area (Å²) in [6, 6.07) is 5.70. The molecular formula is C13H9N3O2S. The molecule has 0 aliphatic rings. The van der Waals surface area contributed by atoms with E-state index in [-0.39, 0.29) is 5.97 Å². The number of rotatable bonds is 2. The smallest absolute Gasteiger partial charge is 0.349 e. The van der Waals surface area contributed by atoms with E-state index < -0.39 is 0 Å². The van der Waals surface area contributed by atoms with Gasteiger partial charge in [-0.2, -0.15) is 0 Å². The van der Waals surface area contributed by atoms with Crippen LogP contribution in [0, 0.1) is 0 Å². The summed E-state index contributed by atoms with van der Waals surface area (Å²) in [6.45, 7) is 0. The van der Waals surface area contributed by atoms with Gasteiger partial charge in [0.05, 0.1) is 24.3 Å². The van der Waals surface area contributed by atoms with Crippen molar-refractivity contribution in [3.05, 3.63) is 41.7 Å². The molecule has 5 nitrogen and oxygen atoms in total. The molecule has 0 aliphatic carbocycles. The number of hydrogen-bond donors (Lipinski definition) is 0. The third-order valence-electron chi connectivity index (χ3n) is 2.61. The van der Waals surface area contributed by atoms with Gasteiger partial charge >= 0.3 is 5.97 Å². The van der Waals surface area contributed by atoms with Gasteiger partial charge < -0.3 is 4.74 Å². The Hall–Kier alpha value is -2.34. The number of nitrogens with zero attached hydrogens (tertiary/aromatic N) is 3. The molecule has 6 heteroatoms. The summed E-state index contributed by atoms with van der Waals surface area (Å²) in [7, 11) is 1.35. The van der Waals surface area contributed by atoms with Crippen LogP contribution in [0.3, 0.4) is 0 Å². The fraction of sp³-hybridized carbons (Fsp3) is 0.0769. The lowest BCUT2D eigenvalue weighted by Crippen LogP contribution is -1.96. The van der Waals surface area contributed by atoms with Crippen LogP contribution in [0.1, 0.15) is 9.67 Å². The van der Waals surface area contributed by atoms with Crippen LogP contribution in [0.2, 0.25) is 0 Å². The summed E-state index contributed by atoms with van der Waals surface area (Å²) in [6.07, 6.45) is 4.82. The molecule has 0 amide bonds. The summed E-state index contributed by atoms with van der Waals surface area (Å²) in [5.74, 6) is -0.371. The van der Waals surface area contributed by atoms with Crippen molar-refractivity contribution in [1.29, 1.82) is 0 Å². The maximum Gasteiger partial charge on any atom is 0.349 e. The summed E-state index contributed by atoms with van der Waals surface area (Å²) >= 11 is 1.29. The fourth-order valence-corrected chi connectivity index (χ4v) is 2.53. The van der Waals surface area contributed by atoms with E-state index >= 15 is 0 Å². The Labute approximate surface area is 112 Å². The van der Waals surface area contributed by atoms with Crippen molar-refractivity contribution in [3.63, 3.8) is 0 Å². The van der Waals surface area contributed by atoms with Gasteiger partial charge in [0.15, 0.2) is 0 Å². The van der Waals surface area contributed by atoms with E-state index in [4.69, 9.17) is 0 Å². The van der Waals surface area contributed by atoms with Gasteiger partial charge in [-0.1, -0.05) is 0 Å². The highest BCUT2D eigenvalue weighted by atomic mass is 32.1. The van der Waals surface area contributed by atoms with Crippen molar-refractivity contribution in [2.24, 2.45) is 0 Å². The molecule has 0 fully saturated rings. The van der Waals surface area contributed by atoms with Crippen molar-refractivity contribution < 1.29 is 9.53 Å². The SMILES string of the molecule is COC(=O)c1cnc(-c2ccc3nccnc3c2)s1. The van der Waals surface area contributed by atoms with Crippen LogP contribution in [-0.4, -0.2) is 28.0 Å². The molecule has 0 bridgehead atoms. The first-order valence-corrected chi connectivity index (χ1v) is 6.35. The minimum Gasteiger partial charge on any atom is -0.465 e. The van der Waals surface area contributed by atoms with Gasteiger partial charge in [0, 0.05) is 18.0 Å². The van der Waals surface area contributed by atoms with Gasteiger partial charge in [0.1, 0.15) is 9.88 Å². The third-order valence-corrected chi connectivity index (χ3v) is 3.63. The van der Waals surface area contributed by atoms with Gasteiger partial charge in [-0.25, -0.2) is 9.78 Å². The average molecular weight is 271 g/mol. The zero-order chi connectivity index (χ0) is 13.2. The molecule has 0 N–H and O–H groups in total. The topological polar surface area (TPSA) is 65.0 Å². The van der Waals surface area contributed by atoms with E-state index in [1.165, 1.54) is 24.6 Å². The number of aromatic nitrogens is 3. The van der Waals surface area contributed by atoms with Gasteiger partial charge in [-0.15, -0.1) is 11.3 Å². The lowest BCUT2D eigenvalue weighted by atomic mass is 10.2. The maximum atomic E-state index is 11.4. The number of carbonyl (C=O) groups is 1. The quantitative estimate of drug-likeness (QED) is 0.670. The summed E-state index contributed by atoms with van der Waals surface area (Å²) < 4.78 is 4.66. The first-order valence-electron chi connectivity index (χ1n) is 5.53. The van der Waals surface area contributed by atoms with E-state index in [0.29, 0.717) is 4.88 Å². The fourth-order valence-electron chi connectivity index (χ4n) is 1.70. The van der Waals surface area contributed by atoms with Gasteiger partial charge in [0.25, 0.3) is 0 Å². The van der Waals surface area contributed by atoms with Crippen LogP contribution in [0.25, 0.3) is 21.6 Å². The lowest BCUT2D eigenvalue weighted by molar-refractivity contribution is 0.0606. The van der Waals surface area contributed by atoms with Gasteiger partial charge in [-0.3, -0.25) is 9.97 Å². The monoisotopic (exact) mass is 271 g/mol. The summed E-state index contributed by atoms with van der Waals surface area (Å²) in [5, 5.41) is 0.757. The van der Waals surface area contributed by atoms with Crippen molar-refractivity contribution in [2.45, 2.75) is 0 Å². The van der Waals surface area contributed by atoms with E-state index in [1.807, 2.05) is 18.2 Å². The van der Waals surface area contributed by atoms with Crippen molar-refractivity contribution in [2.75, 3.05) is 7.11 Å². The zero-order valence-corrected chi connectivity index (χ0v) is 10.8. The largest absolute Gasteiger partial charge is 0.465 e. The molecule has 0 radical (unpaired) electrons. The zero-order valence-electron chi connectivity index (χ0n) is 10.0. The molecule has 2 aromatic heterocycles. The average Bonchev–Trinajstić information content (AvgIpc) is 2.95. The molecule has 19 heavy (non-hydrogen) atoms. The molecular weight excluding hydrogens is 262 g/mol. The highest BCUT2D eigenvalue weighted by Gasteiger charge is 2.12. The molecule has 0 spiro atoms. The first kappa shape index (κ1) is 11.7. The number of thiazole rings is 1. The molecule has 0 unspecified atom stereocenters. The first-order chi connectivity index (χ1) is 9.28. The molecule has 3 rings (SSSR count). The highest BCUT2D eigenvalue weighted by molar-refractivity contribution is 7.16. The Bertz CT molecular complexity index is 754. The molecule has 1 aromatic carbocycles. The molecule has 0 saturated heterocycles. The standard InChI is InChI=1S/C13H9N3O2S/c1-18-13(17)11-7-16-12(19-11)8-2-3-9-10(6-8)15-5-4-14-9/h2-7H,1H3. The number of benzene rings is 1. The normalized spacial score (nSPS) is 10.6. The highest BCUT2D eigenvalue weighted by Crippen LogP contribution is 2.27. The molecule has 94 valence electrons. The van der Waals surface area contributed by atoms with E-state index in [9.17, 15) is 4.79 Å². The van der Waals surface area contributed by atoms with Crippen LogP contribution in [-0.2, 0) is 4.74 Å². The lowest BCUT2D eigenvalue weighted by Gasteiger charge is -1.98. The van der Waals surface area contributed by atoms with Crippen molar-refractivity contribution >= 4 is 28.3 Å². The van der Waals surface area contributed by atoms with Crippen molar-refractivity contribution in [3.8, 4) is 10.6 Å². The summed E-state index contributed by atoms with van der Waals surface area (Å²) in [4.78, 5) is 24.6. The minimum atomic E-state index is -0.371. The third kappa shape index (κ3) is 2.17. The van der Waals surface area contributed by atoms with Gasteiger partial charge in [0.2, 0.25) is 0 Å². The second-order valence-corrected chi connectivity index (χ2v) is 4.81. The van der Waals surface area contributed by atoms with Crippen LogP contribution in [0.4, 0.5) is 0 Å². The van der Waals surface area contributed by atoms with E-state index in [2.05, 4.69) is 19.7 Å². The maximum absolute atomic E-state index is 11.4. The minimum absolute atomic E-state index is 0.371. The predicted octanol–water partition coefficient (Wildman–Crippen LogP) is 2.54. The van der Waals surface area contributed by atoms with E-state index in [1.54, 1.807) is 12.4 Å². The number of methoxy groups -OCH3 is 1. The molecule has 0 aliphatic heterocycles. The van der Waals surface area contributed by atoms with Crippen LogP contribution in [0.5, 0.6) is 0 Å². The van der Waals surface area contributed by atoms with Crippen molar-refractivity contribution in [1.82, 2.24) is 15.0 Å². The molecule has 3 aromatic rings. The molecule has 0 saturated carbocycles. The Kier molecular flexibility index (Phi) is 2.92.